The molecular formula is C20H29N3O2. The highest BCUT2D eigenvalue weighted by atomic mass is 16.2. The van der Waals surface area contributed by atoms with Crippen LogP contribution in [0.15, 0.2) is 30.3 Å². The normalized spacial score (nSPS) is 21.4. The number of hydrogen-bond acceptors (Lipinski definition) is 2. The van der Waals surface area contributed by atoms with Crippen molar-refractivity contribution in [2.24, 2.45) is 5.92 Å². The van der Waals surface area contributed by atoms with Gasteiger partial charge in [-0.25, -0.2) is 4.79 Å². The van der Waals surface area contributed by atoms with Crippen LogP contribution in [0.2, 0.25) is 0 Å². The third-order valence-electron chi connectivity index (χ3n) is 5.30. The molecule has 1 aliphatic carbocycles. The summed E-state index contributed by atoms with van der Waals surface area (Å²) in [5.74, 6) is 0.427. The van der Waals surface area contributed by atoms with Gasteiger partial charge in [0, 0.05) is 38.0 Å². The van der Waals surface area contributed by atoms with E-state index in [0.717, 1.165) is 32.4 Å². The quantitative estimate of drug-likeness (QED) is 0.834. The first-order valence-electron chi connectivity index (χ1n) is 9.57. The lowest BCUT2D eigenvalue weighted by Crippen LogP contribution is -2.44. The number of nitrogens with one attached hydrogen (secondary N) is 2. The fourth-order valence-corrected chi connectivity index (χ4v) is 3.84. The van der Waals surface area contributed by atoms with Gasteiger partial charge in [-0.2, -0.15) is 0 Å². The van der Waals surface area contributed by atoms with E-state index in [-0.39, 0.29) is 17.9 Å². The molecule has 2 N–H and O–H groups in total. The van der Waals surface area contributed by atoms with Crippen molar-refractivity contribution in [3.05, 3.63) is 35.9 Å². The molecule has 1 aliphatic heterocycles. The van der Waals surface area contributed by atoms with Gasteiger partial charge < -0.3 is 15.5 Å². The van der Waals surface area contributed by atoms with Crippen LogP contribution in [0.25, 0.3) is 0 Å². The Morgan fingerprint density at radius 3 is 2.64 bits per heavy atom. The van der Waals surface area contributed by atoms with Crippen molar-refractivity contribution in [2.75, 3.05) is 19.6 Å². The molecule has 5 nitrogen and oxygen atoms in total. The van der Waals surface area contributed by atoms with Gasteiger partial charge in [-0.05, 0) is 24.8 Å². The van der Waals surface area contributed by atoms with Crippen molar-refractivity contribution < 1.29 is 9.59 Å². The molecular weight excluding hydrogens is 314 g/mol. The molecule has 25 heavy (non-hydrogen) atoms. The lowest BCUT2D eigenvalue weighted by molar-refractivity contribution is -0.127. The molecule has 1 aromatic rings. The lowest BCUT2D eigenvalue weighted by Gasteiger charge is -2.23. The van der Waals surface area contributed by atoms with E-state index in [2.05, 4.69) is 22.8 Å². The molecule has 2 aliphatic rings. The summed E-state index contributed by atoms with van der Waals surface area (Å²) in [6.45, 7) is 2.08. The number of carbonyl (C=O) groups excluding carboxylic acids is 2. The van der Waals surface area contributed by atoms with Crippen LogP contribution in [-0.2, 0) is 11.2 Å². The molecule has 0 spiro atoms. The van der Waals surface area contributed by atoms with Crippen molar-refractivity contribution in [3.63, 3.8) is 0 Å². The zero-order valence-corrected chi connectivity index (χ0v) is 14.9. The highest BCUT2D eigenvalue weighted by Gasteiger charge is 2.29. The highest BCUT2D eigenvalue weighted by molar-refractivity contribution is 5.79. The lowest BCUT2D eigenvalue weighted by atomic mass is 9.96. The van der Waals surface area contributed by atoms with Crippen LogP contribution in [-0.4, -0.2) is 42.5 Å². The van der Waals surface area contributed by atoms with Gasteiger partial charge in [0.1, 0.15) is 0 Å². The van der Waals surface area contributed by atoms with Gasteiger partial charge in [-0.15, -0.1) is 0 Å². The predicted octanol–water partition coefficient (Wildman–Crippen LogP) is 2.71. The molecule has 1 atom stereocenters. The van der Waals surface area contributed by atoms with E-state index in [9.17, 15) is 9.59 Å². The Balaban J connectivity index is 1.36. The van der Waals surface area contributed by atoms with Crippen LogP contribution in [0.5, 0.6) is 0 Å². The van der Waals surface area contributed by atoms with Gasteiger partial charge in [0.05, 0.1) is 0 Å². The summed E-state index contributed by atoms with van der Waals surface area (Å²) in [5, 5.41) is 6.02. The molecule has 0 aromatic heterocycles. The Morgan fingerprint density at radius 2 is 1.88 bits per heavy atom. The Labute approximate surface area is 150 Å². The zero-order valence-electron chi connectivity index (χ0n) is 14.9. The second-order valence-electron chi connectivity index (χ2n) is 7.33. The summed E-state index contributed by atoms with van der Waals surface area (Å²) in [6.07, 6.45) is 7.29. The largest absolute Gasteiger partial charge is 0.342 e. The topological polar surface area (TPSA) is 61.4 Å². The van der Waals surface area contributed by atoms with Gasteiger partial charge in [0.15, 0.2) is 0 Å². The molecule has 1 heterocycles. The molecule has 1 saturated heterocycles. The molecule has 0 bridgehead atoms. The van der Waals surface area contributed by atoms with E-state index < -0.39 is 0 Å². The summed E-state index contributed by atoms with van der Waals surface area (Å²) < 4.78 is 0. The summed E-state index contributed by atoms with van der Waals surface area (Å²) >= 11 is 0. The van der Waals surface area contributed by atoms with Crippen LogP contribution >= 0.6 is 0 Å². The SMILES string of the molecule is O=C(NC[C@@H]1CC(=O)N(CCc2ccccc2)C1)NC1CCCCC1. The number of nitrogens with zero attached hydrogens (tertiary/aromatic N) is 1. The third-order valence-corrected chi connectivity index (χ3v) is 5.30. The van der Waals surface area contributed by atoms with E-state index in [0.29, 0.717) is 19.0 Å². The van der Waals surface area contributed by atoms with Crippen molar-refractivity contribution >= 4 is 11.9 Å². The Morgan fingerprint density at radius 1 is 1.12 bits per heavy atom. The first kappa shape index (κ1) is 17.8. The summed E-state index contributed by atoms with van der Waals surface area (Å²) in [5.41, 5.74) is 1.25. The molecule has 1 saturated carbocycles. The number of hydrogen-bond donors (Lipinski definition) is 2. The van der Waals surface area contributed by atoms with Gasteiger partial charge >= 0.3 is 6.03 Å². The minimum Gasteiger partial charge on any atom is -0.342 e. The number of carbonyl (C=O) groups is 2. The van der Waals surface area contributed by atoms with E-state index in [1.165, 1.54) is 24.8 Å². The van der Waals surface area contributed by atoms with Crippen LogP contribution in [0.1, 0.15) is 44.1 Å². The number of rotatable bonds is 6. The van der Waals surface area contributed by atoms with E-state index in [1.54, 1.807) is 0 Å². The highest BCUT2D eigenvalue weighted by Crippen LogP contribution is 2.19. The smallest absolute Gasteiger partial charge is 0.315 e. The van der Waals surface area contributed by atoms with Crippen molar-refractivity contribution in [1.29, 1.82) is 0 Å². The maximum Gasteiger partial charge on any atom is 0.315 e. The third kappa shape index (κ3) is 5.48. The molecule has 136 valence electrons. The number of urea groups is 1. The molecule has 3 amide bonds. The van der Waals surface area contributed by atoms with E-state index >= 15 is 0 Å². The molecule has 0 radical (unpaired) electrons. The summed E-state index contributed by atoms with van der Waals surface area (Å²) in [4.78, 5) is 26.1. The predicted molar refractivity (Wildman–Crippen MR) is 98.2 cm³/mol. The van der Waals surface area contributed by atoms with Gasteiger partial charge in [0.2, 0.25) is 5.91 Å². The van der Waals surface area contributed by atoms with Gasteiger partial charge in [-0.1, -0.05) is 49.6 Å². The molecule has 2 fully saturated rings. The van der Waals surface area contributed by atoms with E-state index in [1.807, 2.05) is 23.1 Å². The molecule has 3 rings (SSSR count). The van der Waals surface area contributed by atoms with Crippen LogP contribution in [0, 0.1) is 5.92 Å². The second-order valence-corrected chi connectivity index (χ2v) is 7.33. The van der Waals surface area contributed by atoms with Crippen molar-refractivity contribution in [3.8, 4) is 0 Å². The Kier molecular flexibility index (Phi) is 6.31. The van der Waals surface area contributed by atoms with Crippen molar-refractivity contribution in [1.82, 2.24) is 15.5 Å². The summed E-state index contributed by atoms with van der Waals surface area (Å²) in [7, 11) is 0. The average molecular weight is 343 g/mol. The first-order chi connectivity index (χ1) is 12.2. The maximum absolute atomic E-state index is 12.2. The van der Waals surface area contributed by atoms with Gasteiger partial charge in [0.25, 0.3) is 0 Å². The minimum absolute atomic E-state index is 0.0814. The van der Waals surface area contributed by atoms with E-state index in [4.69, 9.17) is 0 Å². The monoisotopic (exact) mass is 343 g/mol. The number of amides is 3. The van der Waals surface area contributed by atoms with Crippen LogP contribution < -0.4 is 10.6 Å². The number of likely N-dealkylation sites (tertiary alicyclic amines) is 1. The molecule has 0 unspecified atom stereocenters. The second kappa shape index (κ2) is 8.88. The minimum atomic E-state index is -0.0814. The first-order valence-corrected chi connectivity index (χ1v) is 9.57. The fraction of sp³-hybridized carbons (Fsp3) is 0.600. The van der Waals surface area contributed by atoms with Crippen molar-refractivity contribution in [2.45, 2.75) is 51.0 Å². The average Bonchev–Trinajstić information content (AvgIpc) is 3.00. The van der Waals surface area contributed by atoms with Crippen LogP contribution in [0.3, 0.4) is 0 Å². The number of benzene rings is 1. The summed E-state index contributed by atoms with van der Waals surface area (Å²) in [6, 6.07) is 10.5. The Bertz CT molecular complexity index is 570. The van der Waals surface area contributed by atoms with Gasteiger partial charge in [-0.3, -0.25) is 4.79 Å². The Hall–Kier alpha value is -2.04. The van der Waals surface area contributed by atoms with Crippen LogP contribution in [0.4, 0.5) is 4.79 Å². The standard InChI is InChI=1S/C20H29N3O2/c24-19-13-17(14-21-20(25)22-18-9-5-2-6-10-18)15-23(19)12-11-16-7-3-1-4-8-16/h1,3-4,7-8,17-18H,2,5-6,9-15H2,(H2,21,22,25)/t17-/m0/s1. The molecule has 5 heteroatoms. The zero-order chi connectivity index (χ0) is 17.5. The fourth-order valence-electron chi connectivity index (χ4n) is 3.84. The molecule has 1 aromatic carbocycles. The maximum atomic E-state index is 12.2.